The molecule has 0 bridgehead atoms. The van der Waals surface area contributed by atoms with Crippen LogP contribution in [0.5, 0.6) is 0 Å². The van der Waals surface area contributed by atoms with E-state index in [9.17, 15) is 13.6 Å². The largest absolute Gasteiger partial charge is 0.444 e. The molecule has 1 rings (SSSR count). The van der Waals surface area contributed by atoms with E-state index in [1.165, 1.54) is 0 Å². The highest BCUT2D eigenvalue weighted by atomic mass is 19.3. The van der Waals surface area contributed by atoms with E-state index < -0.39 is 30.7 Å². The van der Waals surface area contributed by atoms with Gasteiger partial charge in [-0.3, -0.25) is 0 Å². The van der Waals surface area contributed by atoms with Crippen molar-refractivity contribution in [3.05, 3.63) is 23.8 Å². The lowest BCUT2D eigenvalue weighted by molar-refractivity contribution is -0.00381. The summed E-state index contributed by atoms with van der Waals surface area (Å²) in [4.78, 5) is 19.4. The number of nitrogens with one attached hydrogen (secondary N) is 2. The molecule has 1 heterocycles. The minimum Gasteiger partial charge on any atom is -0.444 e. The zero-order valence-corrected chi connectivity index (χ0v) is 13.2. The van der Waals surface area contributed by atoms with Gasteiger partial charge in [0.2, 0.25) is 0 Å². The van der Waals surface area contributed by atoms with Crippen LogP contribution in [-0.4, -0.2) is 40.7 Å². The van der Waals surface area contributed by atoms with Crippen LogP contribution >= 0.6 is 0 Å². The number of hydrogen-bond donors (Lipinski definition) is 2. The first-order chi connectivity index (χ1) is 10.1. The van der Waals surface area contributed by atoms with Gasteiger partial charge >= 0.3 is 6.09 Å². The summed E-state index contributed by atoms with van der Waals surface area (Å²) in [7, 11) is 0. The maximum atomic E-state index is 13.6. The summed E-state index contributed by atoms with van der Waals surface area (Å²) >= 11 is 0. The molecule has 0 aliphatic rings. The number of carbonyl (C=O) groups excluding carboxylic acids is 1. The number of ether oxygens (including phenoxy) is 1. The molecule has 0 spiro atoms. The smallest absolute Gasteiger partial charge is 0.407 e. The van der Waals surface area contributed by atoms with Gasteiger partial charge in [0.25, 0.3) is 5.92 Å². The van der Waals surface area contributed by atoms with Crippen LogP contribution in [0.15, 0.2) is 12.3 Å². The van der Waals surface area contributed by atoms with Crippen LogP contribution in [-0.2, 0) is 11.3 Å². The van der Waals surface area contributed by atoms with E-state index in [1.807, 2.05) is 0 Å². The van der Waals surface area contributed by atoms with Gasteiger partial charge in [-0.2, -0.15) is 0 Å². The lowest BCUT2D eigenvalue weighted by Crippen LogP contribution is -2.44. The van der Waals surface area contributed by atoms with Gasteiger partial charge in [-0.15, -0.1) is 0 Å². The van der Waals surface area contributed by atoms with Gasteiger partial charge in [-0.25, -0.2) is 23.5 Å². The molecule has 6 nitrogen and oxygen atoms in total. The Hall–Kier alpha value is -1.83. The highest BCUT2D eigenvalue weighted by Gasteiger charge is 2.30. The van der Waals surface area contributed by atoms with Crippen molar-refractivity contribution in [3.8, 4) is 0 Å². The molecule has 8 heteroatoms. The molecule has 0 saturated carbocycles. The lowest BCUT2D eigenvalue weighted by atomic mass is 10.2. The van der Waals surface area contributed by atoms with E-state index in [-0.39, 0.29) is 6.54 Å². The van der Waals surface area contributed by atoms with Gasteiger partial charge < -0.3 is 15.4 Å². The van der Waals surface area contributed by atoms with Crippen molar-refractivity contribution >= 4 is 6.09 Å². The Labute approximate surface area is 128 Å². The fraction of sp³-hybridized carbons (Fsp3) is 0.643. The molecule has 0 aliphatic carbocycles. The number of nitrogens with zero attached hydrogens (tertiary/aromatic N) is 2. The van der Waals surface area contributed by atoms with E-state index in [2.05, 4.69) is 20.6 Å². The first-order valence-electron chi connectivity index (χ1n) is 6.91. The van der Waals surface area contributed by atoms with E-state index >= 15 is 0 Å². The van der Waals surface area contributed by atoms with Crippen molar-refractivity contribution in [2.75, 3.05) is 13.1 Å². The van der Waals surface area contributed by atoms with Crippen LogP contribution in [0, 0.1) is 6.92 Å². The Morgan fingerprint density at radius 1 is 1.32 bits per heavy atom. The number of aryl methyl sites for hydroxylation is 1. The molecule has 22 heavy (non-hydrogen) atoms. The molecule has 0 radical (unpaired) electrons. The quantitative estimate of drug-likeness (QED) is 0.840. The molecule has 0 atom stereocenters. The number of rotatable bonds is 6. The highest BCUT2D eigenvalue weighted by molar-refractivity contribution is 5.67. The van der Waals surface area contributed by atoms with Crippen molar-refractivity contribution in [1.29, 1.82) is 0 Å². The summed E-state index contributed by atoms with van der Waals surface area (Å²) in [5.41, 5.74) is -0.0916. The van der Waals surface area contributed by atoms with E-state index in [0.29, 0.717) is 11.5 Å². The van der Waals surface area contributed by atoms with Crippen molar-refractivity contribution in [3.63, 3.8) is 0 Å². The molecule has 1 aromatic rings. The van der Waals surface area contributed by atoms with Crippen molar-refractivity contribution in [2.24, 2.45) is 0 Å². The molecule has 0 aromatic carbocycles. The molecular formula is C14H22F2N4O2. The summed E-state index contributed by atoms with van der Waals surface area (Å²) in [5, 5.41) is 4.67. The Morgan fingerprint density at radius 3 is 2.59 bits per heavy atom. The molecule has 1 amide bonds. The summed E-state index contributed by atoms with van der Waals surface area (Å²) in [5.74, 6) is -2.50. The fourth-order valence-electron chi connectivity index (χ4n) is 1.56. The minimum absolute atomic E-state index is 0.200. The third-order valence-electron chi connectivity index (χ3n) is 2.41. The van der Waals surface area contributed by atoms with E-state index in [1.54, 1.807) is 40.0 Å². The van der Waals surface area contributed by atoms with Crippen molar-refractivity contribution < 1.29 is 18.3 Å². The second-order valence-electron chi connectivity index (χ2n) is 5.91. The van der Waals surface area contributed by atoms with Gasteiger partial charge in [0.05, 0.1) is 18.8 Å². The average Bonchev–Trinajstić information content (AvgIpc) is 2.34. The summed E-state index contributed by atoms with van der Waals surface area (Å²) in [6, 6.07) is 1.65. The van der Waals surface area contributed by atoms with Crippen molar-refractivity contribution in [1.82, 2.24) is 20.6 Å². The van der Waals surface area contributed by atoms with Gasteiger partial charge in [-0.1, -0.05) is 0 Å². The average molecular weight is 316 g/mol. The normalized spacial score (nSPS) is 12.1. The van der Waals surface area contributed by atoms with Crippen molar-refractivity contribution in [2.45, 2.75) is 45.8 Å². The maximum absolute atomic E-state index is 13.6. The topological polar surface area (TPSA) is 76.1 Å². The zero-order valence-electron chi connectivity index (χ0n) is 13.2. The number of amides is 1. The first-order valence-corrected chi connectivity index (χ1v) is 6.91. The van der Waals surface area contributed by atoms with Gasteiger partial charge in [0.15, 0.2) is 0 Å². The highest BCUT2D eigenvalue weighted by Crippen LogP contribution is 2.12. The Morgan fingerprint density at radius 2 is 2.00 bits per heavy atom. The summed E-state index contributed by atoms with van der Waals surface area (Å²) in [6.45, 7) is 5.54. The monoisotopic (exact) mass is 316 g/mol. The molecule has 0 fully saturated rings. The van der Waals surface area contributed by atoms with Gasteiger partial charge in [0.1, 0.15) is 11.4 Å². The number of alkyl carbamates (subject to hydrolysis) is 1. The number of aromatic nitrogens is 2. The van der Waals surface area contributed by atoms with E-state index in [4.69, 9.17) is 4.74 Å². The van der Waals surface area contributed by atoms with Gasteiger partial charge in [-0.05, 0) is 33.8 Å². The predicted octanol–water partition coefficient (Wildman–Crippen LogP) is 2.03. The number of alkyl halides is 2. The molecule has 0 unspecified atom stereocenters. The van der Waals surface area contributed by atoms with Crippen LogP contribution in [0.2, 0.25) is 0 Å². The van der Waals surface area contributed by atoms with Crippen LogP contribution in [0.4, 0.5) is 13.6 Å². The number of halogens is 2. The molecule has 0 aliphatic heterocycles. The Bertz CT molecular complexity index is 504. The second kappa shape index (κ2) is 7.44. The third kappa shape index (κ3) is 7.82. The summed E-state index contributed by atoms with van der Waals surface area (Å²) in [6.07, 6.45) is 0.709. The van der Waals surface area contributed by atoms with E-state index in [0.717, 1.165) is 0 Å². The Kier molecular flexibility index (Phi) is 6.16. The fourth-order valence-corrected chi connectivity index (χ4v) is 1.56. The molecule has 0 saturated heterocycles. The van der Waals surface area contributed by atoms with Gasteiger partial charge in [0, 0.05) is 12.7 Å². The van der Waals surface area contributed by atoms with Crippen LogP contribution in [0.25, 0.3) is 0 Å². The first kappa shape index (κ1) is 18.2. The second-order valence-corrected chi connectivity index (χ2v) is 5.91. The number of hydrogen-bond acceptors (Lipinski definition) is 5. The lowest BCUT2D eigenvalue weighted by Gasteiger charge is -2.22. The predicted molar refractivity (Wildman–Crippen MR) is 77.7 cm³/mol. The SMILES string of the molecule is Cc1nccc(CNCC(F)(F)CNC(=O)OC(C)(C)C)n1. The molecule has 2 N–H and O–H groups in total. The van der Waals surface area contributed by atoms with Crippen LogP contribution in [0.1, 0.15) is 32.3 Å². The van der Waals surface area contributed by atoms with Crippen LogP contribution in [0.3, 0.4) is 0 Å². The minimum atomic E-state index is -3.08. The van der Waals surface area contributed by atoms with Crippen LogP contribution < -0.4 is 10.6 Å². The number of carbonyl (C=O) groups is 1. The third-order valence-corrected chi connectivity index (χ3v) is 2.41. The molecular weight excluding hydrogens is 294 g/mol. The molecule has 1 aromatic heterocycles. The summed E-state index contributed by atoms with van der Waals surface area (Å²) < 4.78 is 32.2. The zero-order chi connectivity index (χ0) is 16.8. The standard InChI is InChI=1S/C14H22F2N4O2/c1-10-18-6-5-11(20-10)7-17-8-14(15,16)9-19-12(21)22-13(2,3)4/h5-6,17H,7-9H2,1-4H3,(H,19,21). The molecule has 124 valence electrons. The maximum Gasteiger partial charge on any atom is 0.407 e. The Balaban J connectivity index is 2.33.